The van der Waals surface area contributed by atoms with Gasteiger partial charge in [-0.15, -0.1) is 0 Å². The summed E-state index contributed by atoms with van der Waals surface area (Å²) in [6, 6.07) is 13.8. The summed E-state index contributed by atoms with van der Waals surface area (Å²) in [6.45, 7) is 18.6. The molecule has 0 atom stereocenters. The van der Waals surface area contributed by atoms with Crippen molar-refractivity contribution in [1.82, 2.24) is 9.13 Å². The Morgan fingerprint density at radius 2 is 1.03 bits per heavy atom. The van der Waals surface area contributed by atoms with Crippen LogP contribution < -0.4 is 0 Å². The van der Waals surface area contributed by atoms with Crippen LogP contribution >= 0.6 is 0 Å². The van der Waals surface area contributed by atoms with Crippen molar-refractivity contribution in [3.8, 4) is 21.4 Å². The third-order valence-electron chi connectivity index (χ3n) is 7.85. The van der Waals surface area contributed by atoms with E-state index in [4.69, 9.17) is 0 Å². The average Bonchev–Trinajstić information content (AvgIpc) is 3.31. The maximum atomic E-state index is 3.78. The summed E-state index contributed by atoms with van der Waals surface area (Å²) in [5.74, 6) is 6.12. The van der Waals surface area contributed by atoms with Gasteiger partial charge in [0.2, 0.25) is 0 Å². The second-order valence-corrected chi connectivity index (χ2v) is 14.1. The second kappa shape index (κ2) is 12.9. The summed E-state index contributed by atoms with van der Waals surface area (Å²) in [4.78, 5) is 0. The normalized spacial score (nSPS) is 14.6. The standard InChI is InChI=1S/C27H36N2.C8H11.Au/c1-18(2)22-11-9-12-23(19(3)4)26(22)28-15-16-29(17-28)27-24(20(5)6)13-10-14-25(27)21(7)8;1-2-8-6-4-3-5-7-8;/h9-16,18-21H,1-8H3;8H,3-7H2;. The summed E-state index contributed by atoms with van der Waals surface area (Å²) in [6.07, 6.45) is 11.2. The molecule has 208 valence electrons. The van der Waals surface area contributed by atoms with Gasteiger partial charge in [-0.25, -0.2) is 0 Å². The van der Waals surface area contributed by atoms with E-state index in [0.29, 0.717) is 29.6 Å². The molecule has 2 aromatic carbocycles. The van der Waals surface area contributed by atoms with Crippen molar-refractivity contribution in [3.63, 3.8) is 0 Å². The molecule has 0 amide bonds. The summed E-state index contributed by atoms with van der Waals surface area (Å²) in [5, 5.41) is 0. The van der Waals surface area contributed by atoms with Crippen molar-refractivity contribution in [3.05, 3.63) is 74.7 Å². The van der Waals surface area contributed by atoms with Gasteiger partial charge in [0.15, 0.2) is 0 Å². The number of rotatable bonds is 6. The van der Waals surface area contributed by atoms with Gasteiger partial charge >= 0.3 is 242 Å². The van der Waals surface area contributed by atoms with E-state index in [9.17, 15) is 0 Å². The Morgan fingerprint density at radius 1 is 0.632 bits per heavy atom. The molecule has 0 bridgehead atoms. The molecule has 0 spiro atoms. The zero-order chi connectivity index (χ0) is 27.4. The number of imidazole rings is 1. The van der Waals surface area contributed by atoms with Gasteiger partial charge in [0.1, 0.15) is 0 Å². The molecule has 0 radical (unpaired) electrons. The van der Waals surface area contributed by atoms with E-state index >= 15 is 0 Å². The molecule has 3 heteroatoms. The fraction of sp³-hybridized carbons (Fsp3) is 0.514. The third kappa shape index (κ3) is 6.23. The average molecular weight is 693 g/mol. The third-order valence-corrected chi connectivity index (χ3v) is 9.96. The van der Waals surface area contributed by atoms with Crippen LogP contribution in [0.4, 0.5) is 0 Å². The van der Waals surface area contributed by atoms with E-state index in [2.05, 4.69) is 123 Å². The number of benzene rings is 2. The minimum absolute atomic E-state index is 0.376. The van der Waals surface area contributed by atoms with E-state index in [0.717, 1.165) is 0 Å². The van der Waals surface area contributed by atoms with Crippen molar-refractivity contribution >= 4 is 0 Å². The molecule has 2 nitrogen and oxygen atoms in total. The van der Waals surface area contributed by atoms with Crippen molar-refractivity contribution in [1.29, 1.82) is 0 Å². The fourth-order valence-corrected chi connectivity index (χ4v) is 7.86. The van der Waals surface area contributed by atoms with Crippen molar-refractivity contribution in [2.75, 3.05) is 0 Å². The monoisotopic (exact) mass is 692 g/mol. The zero-order valence-corrected chi connectivity index (χ0v) is 26.9. The SMILES string of the molecule is CC(C)c1cccc(C(C)C)c1-n1ccn(-c2c(C(C)C)cccc2C(C)C)[c]1=[Au][C]#CC1CCCCC1. The van der Waals surface area contributed by atoms with Crippen LogP contribution in [-0.2, 0) is 19.3 Å². The molecular weight excluding hydrogens is 645 g/mol. The first-order chi connectivity index (χ1) is 18.2. The first-order valence-electron chi connectivity index (χ1n) is 14.7. The molecule has 1 fully saturated rings. The molecule has 4 rings (SSSR count). The number of nitrogens with zero attached hydrogens (tertiary/aromatic N) is 2. The minimum atomic E-state index is -0.376. The van der Waals surface area contributed by atoms with E-state index < -0.39 is 0 Å². The Bertz CT molecular complexity index is 1230. The fourth-order valence-electron chi connectivity index (χ4n) is 5.69. The zero-order valence-electron chi connectivity index (χ0n) is 24.7. The number of hydrogen-bond donors (Lipinski definition) is 0. The van der Waals surface area contributed by atoms with Gasteiger partial charge in [0, 0.05) is 0 Å². The van der Waals surface area contributed by atoms with Gasteiger partial charge in [-0.3, -0.25) is 0 Å². The van der Waals surface area contributed by atoms with Gasteiger partial charge in [-0.05, 0) is 0 Å². The first-order valence-corrected chi connectivity index (χ1v) is 16.8. The molecule has 38 heavy (non-hydrogen) atoms. The number of para-hydroxylation sites is 2. The Labute approximate surface area is 240 Å². The van der Waals surface area contributed by atoms with Crippen LogP contribution in [0.5, 0.6) is 0 Å². The Morgan fingerprint density at radius 3 is 1.39 bits per heavy atom. The molecule has 0 aliphatic heterocycles. The van der Waals surface area contributed by atoms with Gasteiger partial charge in [-0.2, -0.15) is 0 Å². The molecule has 0 saturated heterocycles. The number of hydrogen-bond acceptors (Lipinski definition) is 0. The Balaban J connectivity index is 2.05. The van der Waals surface area contributed by atoms with Crippen molar-refractivity contribution in [2.24, 2.45) is 5.92 Å². The second-order valence-electron chi connectivity index (χ2n) is 12.1. The summed E-state index contributed by atoms with van der Waals surface area (Å²) in [5.41, 5.74) is 8.42. The number of aromatic nitrogens is 2. The van der Waals surface area contributed by atoms with Gasteiger partial charge in [0.05, 0.1) is 0 Å². The van der Waals surface area contributed by atoms with Crippen LogP contribution in [0.3, 0.4) is 0 Å². The van der Waals surface area contributed by atoms with Crippen LogP contribution in [0.15, 0.2) is 48.8 Å². The Kier molecular flexibility index (Phi) is 9.80. The molecule has 1 aliphatic rings. The summed E-state index contributed by atoms with van der Waals surface area (Å²) < 4.78 is 10.2. The van der Waals surface area contributed by atoms with E-state index in [1.165, 1.54) is 69.4 Å². The van der Waals surface area contributed by atoms with Crippen molar-refractivity contribution in [2.45, 2.75) is 111 Å². The van der Waals surface area contributed by atoms with Crippen LogP contribution in [0.2, 0.25) is 0 Å². The molecule has 1 heterocycles. The predicted octanol–water partition coefficient (Wildman–Crippen LogP) is 9.92. The Hall–Kier alpha value is -2.05. The molecule has 1 aromatic heterocycles. The van der Waals surface area contributed by atoms with Crippen LogP contribution in [0.25, 0.3) is 11.4 Å². The molecule has 1 aliphatic carbocycles. The summed E-state index contributed by atoms with van der Waals surface area (Å²) >= 11 is -0.376. The molecule has 0 N–H and O–H groups in total. The topological polar surface area (TPSA) is 9.86 Å². The van der Waals surface area contributed by atoms with E-state index in [-0.39, 0.29) is 19.3 Å². The van der Waals surface area contributed by atoms with Crippen LogP contribution in [0, 0.1) is 19.6 Å². The quantitative estimate of drug-likeness (QED) is 0.180. The van der Waals surface area contributed by atoms with E-state index in [1.54, 1.807) is 0 Å². The molecule has 1 saturated carbocycles. The van der Waals surface area contributed by atoms with Crippen molar-refractivity contribution < 1.29 is 19.3 Å². The van der Waals surface area contributed by atoms with Gasteiger partial charge in [0.25, 0.3) is 0 Å². The summed E-state index contributed by atoms with van der Waals surface area (Å²) in [7, 11) is 0. The first kappa shape index (κ1) is 28.9. The van der Waals surface area contributed by atoms with E-state index in [1.807, 2.05) is 0 Å². The molecule has 3 aromatic rings. The van der Waals surface area contributed by atoms with Crippen LogP contribution in [0.1, 0.15) is 133 Å². The van der Waals surface area contributed by atoms with Gasteiger partial charge < -0.3 is 0 Å². The molecule has 0 unspecified atom stereocenters. The predicted molar refractivity (Wildman–Crippen MR) is 159 cm³/mol. The molecular formula is C35H47AuN2. The maximum absolute atomic E-state index is 3.78. The van der Waals surface area contributed by atoms with Crippen LogP contribution in [-0.4, -0.2) is 9.13 Å². The van der Waals surface area contributed by atoms with Gasteiger partial charge in [-0.1, -0.05) is 0 Å².